The van der Waals surface area contributed by atoms with Gasteiger partial charge in [-0.1, -0.05) is 163 Å². The molecule has 2 aliphatic carbocycles. The lowest BCUT2D eigenvalue weighted by atomic mass is 10.1. The molecular formula is C79H82O10S7. The fourth-order valence-corrected chi connectivity index (χ4v) is 17.1. The van der Waals surface area contributed by atoms with Crippen molar-refractivity contribution in [1.82, 2.24) is 0 Å². The maximum absolute atomic E-state index is 6.14. The summed E-state index contributed by atoms with van der Waals surface area (Å²) in [6, 6.07) is 62.8. The van der Waals surface area contributed by atoms with E-state index < -0.39 is 0 Å². The number of aryl methyl sites for hydroxylation is 1. The van der Waals surface area contributed by atoms with Gasteiger partial charge in [0.15, 0.2) is 23.0 Å². The van der Waals surface area contributed by atoms with Crippen LogP contribution in [0.5, 0.6) is 23.0 Å². The Morgan fingerprint density at radius 3 is 1.15 bits per heavy atom. The molecule has 0 atom stereocenters. The number of allylic oxidation sites excluding steroid dienone is 4. The first-order valence-corrected chi connectivity index (χ1v) is 37.8. The number of thiophene rings is 6. The van der Waals surface area contributed by atoms with Gasteiger partial charge in [0.25, 0.3) is 0 Å². The number of hydrogen-bond donors (Lipinski definition) is 1. The van der Waals surface area contributed by atoms with Crippen molar-refractivity contribution in [1.29, 1.82) is 0 Å². The highest BCUT2D eigenvalue weighted by Gasteiger charge is 2.27. The van der Waals surface area contributed by atoms with Gasteiger partial charge in [0, 0.05) is 58.1 Å². The van der Waals surface area contributed by atoms with Gasteiger partial charge in [0.2, 0.25) is 0 Å². The van der Waals surface area contributed by atoms with Crippen molar-refractivity contribution in [3.8, 4) is 82.9 Å². The maximum atomic E-state index is 6.14. The van der Waals surface area contributed by atoms with Crippen molar-refractivity contribution in [2.24, 2.45) is 0 Å². The van der Waals surface area contributed by atoms with E-state index >= 15 is 0 Å². The molecule has 8 heterocycles. The lowest BCUT2D eigenvalue weighted by Gasteiger charge is -2.16. The third-order valence-corrected chi connectivity index (χ3v) is 22.3. The second-order valence-electron chi connectivity index (χ2n) is 21.6. The van der Waals surface area contributed by atoms with Crippen LogP contribution in [0.15, 0.2) is 222 Å². The van der Waals surface area contributed by atoms with Gasteiger partial charge in [-0.15, -0.1) is 80.6 Å². The summed E-state index contributed by atoms with van der Waals surface area (Å²) in [6.07, 6.45) is 10.6. The minimum absolute atomic E-state index is 0.478. The quantitative estimate of drug-likeness (QED) is 0.0493. The predicted octanol–water partition coefficient (Wildman–Crippen LogP) is 21.5. The molecule has 0 bridgehead atoms. The third kappa shape index (κ3) is 21.8. The van der Waals surface area contributed by atoms with E-state index in [4.69, 9.17) is 47.4 Å². The Hall–Kier alpha value is -6.91. The third-order valence-electron chi connectivity index (χ3n) is 14.7. The normalized spacial score (nSPS) is 12.5. The van der Waals surface area contributed by atoms with Gasteiger partial charge in [0.1, 0.15) is 26.4 Å². The molecule has 11 aromatic rings. The summed E-state index contributed by atoms with van der Waals surface area (Å²) in [5.41, 5.74) is 9.34. The molecule has 500 valence electrons. The summed E-state index contributed by atoms with van der Waals surface area (Å²) in [4.78, 5) is 12.8. The molecule has 0 fully saturated rings. The second kappa shape index (κ2) is 40.1. The summed E-state index contributed by atoms with van der Waals surface area (Å²) in [5, 5.41) is 4.09. The molecule has 0 saturated carbocycles. The van der Waals surface area contributed by atoms with Crippen LogP contribution in [-0.2, 0) is 48.1 Å². The van der Waals surface area contributed by atoms with Gasteiger partial charge < -0.3 is 47.4 Å². The van der Waals surface area contributed by atoms with E-state index in [0.29, 0.717) is 106 Å². The van der Waals surface area contributed by atoms with Crippen LogP contribution in [0, 0.1) is 6.92 Å². The van der Waals surface area contributed by atoms with E-state index in [1.54, 1.807) is 45.3 Å². The molecule has 0 N–H and O–H groups in total. The van der Waals surface area contributed by atoms with Crippen LogP contribution in [-0.4, -0.2) is 92.5 Å². The van der Waals surface area contributed by atoms with Crippen molar-refractivity contribution in [2.75, 3.05) is 92.5 Å². The maximum Gasteiger partial charge on any atom is 0.180 e. The van der Waals surface area contributed by atoms with Gasteiger partial charge in [-0.2, -0.15) is 0 Å². The minimum atomic E-state index is 0.478. The van der Waals surface area contributed by atoms with Crippen molar-refractivity contribution in [2.45, 2.75) is 51.7 Å². The Labute approximate surface area is 595 Å². The van der Waals surface area contributed by atoms with Crippen LogP contribution in [0.3, 0.4) is 0 Å². The predicted molar refractivity (Wildman–Crippen MR) is 406 cm³/mol. The minimum Gasteiger partial charge on any atom is -0.485 e. The Morgan fingerprint density at radius 2 is 0.760 bits per heavy atom. The molecule has 10 nitrogen and oxygen atoms in total. The molecule has 0 saturated heterocycles. The molecule has 5 aromatic carbocycles. The largest absolute Gasteiger partial charge is 0.485 e. The topological polar surface area (TPSA) is 92.3 Å². The van der Waals surface area contributed by atoms with Gasteiger partial charge in [-0.05, 0) is 116 Å². The fraction of sp³-hybridized carbons (Fsp3) is 0.266. The summed E-state index contributed by atoms with van der Waals surface area (Å²) in [7, 11) is 0. The molecule has 17 heteroatoms. The highest BCUT2D eigenvalue weighted by Crippen LogP contribution is 2.54. The van der Waals surface area contributed by atoms with Crippen molar-refractivity contribution in [3.05, 3.63) is 245 Å². The summed E-state index contributed by atoms with van der Waals surface area (Å²) in [6.45, 7) is 15.0. The van der Waals surface area contributed by atoms with E-state index in [1.165, 1.54) is 57.1 Å². The number of hydrogen-bond acceptors (Lipinski definition) is 17. The van der Waals surface area contributed by atoms with Crippen molar-refractivity contribution >= 4 is 80.6 Å². The van der Waals surface area contributed by atoms with Crippen LogP contribution in [0.1, 0.15) is 48.1 Å². The van der Waals surface area contributed by atoms with Crippen LogP contribution in [0.25, 0.3) is 59.9 Å². The first-order chi connectivity index (χ1) is 47.4. The number of fused-ring (bicyclic) bond motifs is 5. The highest BCUT2D eigenvalue weighted by molar-refractivity contribution is 7.80. The molecule has 96 heavy (non-hydrogen) atoms. The van der Waals surface area contributed by atoms with Crippen LogP contribution in [0.4, 0.5) is 0 Å². The summed E-state index contributed by atoms with van der Waals surface area (Å²) in [5.74, 6) is 3.29. The average molecular weight is 1420 g/mol. The molecule has 0 amide bonds. The Balaban J connectivity index is 0.000000207. The lowest BCUT2D eigenvalue weighted by Crippen LogP contribution is -2.14. The number of rotatable bonds is 23. The van der Waals surface area contributed by atoms with E-state index in [9.17, 15) is 0 Å². The zero-order valence-electron chi connectivity index (χ0n) is 54.5. The molecule has 0 radical (unpaired) electrons. The van der Waals surface area contributed by atoms with E-state index in [2.05, 4.69) is 141 Å². The smallest absolute Gasteiger partial charge is 0.180 e. The van der Waals surface area contributed by atoms with Crippen LogP contribution >= 0.6 is 80.6 Å². The fourth-order valence-electron chi connectivity index (χ4n) is 10.1. The van der Waals surface area contributed by atoms with Gasteiger partial charge in [-0.25, -0.2) is 0 Å². The number of thiol groups is 1. The Kier molecular flexibility index (Phi) is 30.0. The van der Waals surface area contributed by atoms with E-state index in [0.717, 1.165) is 71.4 Å². The summed E-state index contributed by atoms with van der Waals surface area (Å²) < 4.78 is 58.4. The Bertz CT molecular complexity index is 3800. The van der Waals surface area contributed by atoms with Crippen molar-refractivity contribution in [3.63, 3.8) is 0 Å². The molecular weight excluding hydrogens is 1330 g/mol. The standard InChI is InChI=1S/C42H46O10S6.C13H10.C7H8.C6H6S.C6H6.C5H6/c1-3-43-9-11-45-13-15-47-23-27-21-35(57-39(27)41-37-29(25-53-41)49-17-19-51-37)33-7-5-31(55-33)32-6-8-34(56-32)36-22-28(24-48-16-14-46-12-10-44-4-2)40(58-36)42-38-30(26-54-42)50-18-20-52-38;1-3-7-12-10(5-1)9-11-6-2-4-8-13(11)12;1-7-5-3-2-4-6-7;7-6-4-2-1-3-5-6;1-2-4-6-5-3-1;1-2-4-5-3-1/h5-8,21-22,25-26H,3-4,9-20,23-24H2,1-2H3;1-8H,9H2;2-6H,1H3;1-5,7H;1-6H;1-4H,5H2. The zero-order chi connectivity index (χ0) is 66.2. The Morgan fingerprint density at radius 1 is 0.385 bits per heavy atom. The lowest BCUT2D eigenvalue weighted by molar-refractivity contribution is 0.0129. The van der Waals surface area contributed by atoms with Crippen molar-refractivity contribution < 1.29 is 47.4 Å². The van der Waals surface area contributed by atoms with E-state index in [1.807, 2.05) is 132 Å². The van der Waals surface area contributed by atoms with Gasteiger partial charge in [-0.3, -0.25) is 0 Å². The van der Waals surface area contributed by atoms with Crippen LogP contribution < -0.4 is 18.9 Å². The number of ether oxygens (including phenoxy) is 10. The van der Waals surface area contributed by atoms with Crippen LogP contribution in [0.2, 0.25) is 0 Å². The molecule has 2 aliphatic heterocycles. The SMILES string of the molecule is C1=CCC=C1.CCOCCOCCOCc1cc(-c2ccc(-c3ccc(-c4cc(COCCOCCOCC)c(-c5scc6c5OCCO6)s4)s3)s2)sc1-c1scc2c1OCCO2.Cc1ccccc1.Sc1ccccc1.c1ccc2c(c1)Cc1ccccc1-2.c1ccccc1. The number of benzene rings is 5. The monoisotopic (exact) mass is 1410 g/mol. The molecule has 4 aliphatic rings. The molecule has 0 spiro atoms. The van der Waals surface area contributed by atoms with Gasteiger partial charge >= 0.3 is 0 Å². The average Bonchev–Trinajstić information content (AvgIpc) is 1.66. The zero-order valence-corrected chi connectivity index (χ0v) is 60.3. The second-order valence-corrected chi connectivity index (χ2v) is 28.2. The summed E-state index contributed by atoms with van der Waals surface area (Å²) >= 11 is 14.6. The molecule has 6 aromatic heterocycles. The first-order valence-electron chi connectivity index (χ1n) is 32.3. The molecule has 0 unspecified atom stereocenters. The highest BCUT2D eigenvalue weighted by atomic mass is 32.1. The molecule has 15 rings (SSSR count). The first kappa shape index (κ1) is 71.9. The van der Waals surface area contributed by atoms with Gasteiger partial charge in [0.05, 0.1) is 85.6 Å². The van der Waals surface area contributed by atoms with E-state index in [-0.39, 0.29) is 0 Å².